The molecule has 1 aliphatic heterocycles. The van der Waals surface area contributed by atoms with Crippen LogP contribution >= 0.6 is 24.0 Å². The summed E-state index contributed by atoms with van der Waals surface area (Å²) in [7, 11) is 0. The normalized spacial score (nSPS) is 13.5. The van der Waals surface area contributed by atoms with E-state index in [0.29, 0.717) is 12.3 Å². The number of hydrogen-bond acceptors (Lipinski definition) is 5. The summed E-state index contributed by atoms with van der Waals surface area (Å²) in [6.45, 7) is 2.36. The second-order valence-electron chi connectivity index (χ2n) is 4.27. The molecule has 6 nitrogen and oxygen atoms in total. The molecule has 1 amide bonds. The van der Waals surface area contributed by atoms with Crippen LogP contribution in [0.4, 0.5) is 0 Å². The molecule has 1 aliphatic rings. The SMILES string of the molecule is I.NC(=O)COc1cccc(CNC2=NCCCN2)c1. The summed E-state index contributed by atoms with van der Waals surface area (Å²) in [5, 5.41) is 6.41. The van der Waals surface area contributed by atoms with Gasteiger partial charge < -0.3 is 21.1 Å². The molecule has 7 heteroatoms. The number of halogens is 1. The first-order valence-corrected chi connectivity index (χ1v) is 6.26. The molecule has 110 valence electrons. The van der Waals surface area contributed by atoms with Crippen LogP contribution in [0.15, 0.2) is 29.3 Å². The third kappa shape index (κ3) is 5.64. The fourth-order valence-electron chi connectivity index (χ4n) is 1.74. The first-order chi connectivity index (χ1) is 9.24. The molecule has 0 fully saturated rings. The molecular weight excluding hydrogens is 371 g/mol. The van der Waals surface area contributed by atoms with Crippen LogP contribution in [0, 0.1) is 0 Å². The molecule has 0 saturated heterocycles. The van der Waals surface area contributed by atoms with Crippen molar-refractivity contribution in [3.8, 4) is 5.75 Å². The summed E-state index contributed by atoms with van der Waals surface area (Å²) in [5.41, 5.74) is 6.09. The van der Waals surface area contributed by atoms with Crippen molar-refractivity contribution in [3.05, 3.63) is 29.8 Å². The average molecular weight is 390 g/mol. The lowest BCUT2D eigenvalue weighted by Crippen LogP contribution is -2.40. The van der Waals surface area contributed by atoms with Crippen molar-refractivity contribution >= 4 is 35.8 Å². The van der Waals surface area contributed by atoms with Crippen LogP contribution in [0.5, 0.6) is 5.75 Å². The van der Waals surface area contributed by atoms with Crippen LogP contribution in [0.2, 0.25) is 0 Å². The van der Waals surface area contributed by atoms with E-state index in [1.165, 1.54) is 0 Å². The number of aliphatic imine (C=N–C) groups is 1. The van der Waals surface area contributed by atoms with E-state index < -0.39 is 5.91 Å². The first kappa shape index (κ1) is 16.5. The number of primary amides is 1. The standard InChI is InChI=1S/C13H18N4O2.HI/c14-12(18)9-19-11-4-1-3-10(7-11)8-17-13-15-5-2-6-16-13;/h1,3-4,7H,2,5-6,8-9H2,(H2,14,18)(H2,15,16,17);1H. The Kier molecular flexibility index (Phi) is 7.13. The molecule has 0 aromatic heterocycles. The van der Waals surface area contributed by atoms with E-state index in [1.54, 1.807) is 6.07 Å². The van der Waals surface area contributed by atoms with Gasteiger partial charge in [0.15, 0.2) is 12.6 Å². The number of nitrogens with one attached hydrogen (secondary N) is 2. The van der Waals surface area contributed by atoms with E-state index >= 15 is 0 Å². The van der Waals surface area contributed by atoms with Gasteiger partial charge in [0.25, 0.3) is 5.91 Å². The third-order valence-electron chi connectivity index (χ3n) is 2.64. The van der Waals surface area contributed by atoms with Crippen molar-refractivity contribution in [1.29, 1.82) is 0 Å². The molecule has 20 heavy (non-hydrogen) atoms. The molecule has 2 rings (SSSR count). The molecule has 1 aromatic rings. The number of benzene rings is 1. The largest absolute Gasteiger partial charge is 0.484 e. The molecule has 4 N–H and O–H groups in total. The van der Waals surface area contributed by atoms with E-state index in [1.807, 2.05) is 18.2 Å². The number of nitrogens with zero attached hydrogens (tertiary/aromatic N) is 1. The predicted octanol–water partition coefficient (Wildman–Crippen LogP) is 0.608. The molecule has 1 heterocycles. The lowest BCUT2D eigenvalue weighted by Gasteiger charge is -2.16. The Hall–Kier alpha value is -1.51. The van der Waals surface area contributed by atoms with Crippen LogP contribution < -0.4 is 21.1 Å². The highest BCUT2D eigenvalue weighted by Crippen LogP contribution is 2.13. The Morgan fingerprint density at radius 3 is 3.05 bits per heavy atom. The van der Waals surface area contributed by atoms with Crippen LogP contribution in [0.25, 0.3) is 0 Å². The maximum Gasteiger partial charge on any atom is 0.255 e. The second-order valence-corrected chi connectivity index (χ2v) is 4.27. The lowest BCUT2D eigenvalue weighted by atomic mass is 10.2. The number of carbonyl (C=O) groups is 1. The van der Waals surface area contributed by atoms with Crippen molar-refractivity contribution in [3.63, 3.8) is 0 Å². The highest BCUT2D eigenvalue weighted by Gasteiger charge is 2.04. The highest BCUT2D eigenvalue weighted by atomic mass is 127. The van der Waals surface area contributed by atoms with Crippen molar-refractivity contribution in [1.82, 2.24) is 10.6 Å². The van der Waals surface area contributed by atoms with Gasteiger partial charge in [-0.15, -0.1) is 24.0 Å². The van der Waals surface area contributed by atoms with Gasteiger partial charge >= 0.3 is 0 Å². The summed E-state index contributed by atoms with van der Waals surface area (Å²) in [6.07, 6.45) is 1.07. The molecular formula is C13H19IN4O2. The van der Waals surface area contributed by atoms with E-state index in [-0.39, 0.29) is 30.6 Å². The minimum Gasteiger partial charge on any atom is -0.484 e. The van der Waals surface area contributed by atoms with Crippen LogP contribution in [0.3, 0.4) is 0 Å². The third-order valence-corrected chi connectivity index (χ3v) is 2.64. The fourth-order valence-corrected chi connectivity index (χ4v) is 1.74. The fraction of sp³-hybridized carbons (Fsp3) is 0.385. The predicted molar refractivity (Wildman–Crippen MR) is 88.3 cm³/mol. The summed E-state index contributed by atoms with van der Waals surface area (Å²) in [5.74, 6) is 0.982. The van der Waals surface area contributed by atoms with Gasteiger partial charge in [-0.25, -0.2) is 0 Å². The Balaban J connectivity index is 0.00000200. The van der Waals surface area contributed by atoms with Crippen LogP contribution in [-0.4, -0.2) is 31.6 Å². The zero-order valence-electron chi connectivity index (χ0n) is 11.1. The molecule has 0 radical (unpaired) electrons. The zero-order valence-corrected chi connectivity index (χ0v) is 13.4. The Morgan fingerprint density at radius 2 is 2.35 bits per heavy atom. The number of guanidine groups is 1. The topological polar surface area (TPSA) is 88.7 Å². The molecule has 0 bridgehead atoms. The van der Waals surface area contributed by atoms with Crippen LogP contribution in [-0.2, 0) is 11.3 Å². The van der Waals surface area contributed by atoms with Gasteiger partial charge in [-0.1, -0.05) is 12.1 Å². The van der Waals surface area contributed by atoms with E-state index in [9.17, 15) is 4.79 Å². The Morgan fingerprint density at radius 1 is 1.50 bits per heavy atom. The van der Waals surface area contributed by atoms with Crippen molar-refractivity contribution in [2.24, 2.45) is 10.7 Å². The van der Waals surface area contributed by atoms with Gasteiger partial charge in [0, 0.05) is 19.6 Å². The number of hydrogen-bond donors (Lipinski definition) is 3. The Labute approximate surface area is 135 Å². The van der Waals surface area contributed by atoms with Gasteiger partial charge in [0.1, 0.15) is 5.75 Å². The van der Waals surface area contributed by atoms with Gasteiger partial charge in [-0.3, -0.25) is 9.79 Å². The molecule has 0 unspecified atom stereocenters. The summed E-state index contributed by atoms with van der Waals surface area (Å²) >= 11 is 0. The number of rotatable bonds is 5. The maximum absolute atomic E-state index is 10.7. The van der Waals surface area contributed by atoms with E-state index in [2.05, 4.69) is 15.6 Å². The molecule has 0 spiro atoms. The van der Waals surface area contributed by atoms with Gasteiger partial charge in [0.05, 0.1) is 0 Å². The molecule has 1 aromatic carbocycles. The van der Waals surface area contributed by atoms with Crippen molar-refractivity contribution < 1.29 is 9.53 Å². The van der Waals surface area contributed by atoms with Crippen molar-refractivity contribution in [2.75, 3.05) is 19.7 Å². The zero-order chi connectivity index (χ0) is 13.5. The quantitative estimate of drug-likeness (QED) is 0.643. The number of carbonyl (C=O) groups excluding carboxylic acids is 1. The number of amides is 1. The Bertz CT molecular complexity index is 479. The average Bonchev–Trinajstić information content (AvgIpc) is 2.44. The number of nitrogens with two attached hydrogens (primary N) is 1. The highest BCUT2D eigenvalue weighted by molar-refractivity contribution is 14.0. The van der Waals surface area contributed by atoms with Gasteiger partial charge in [-0.2, -0.15) is 0 Å². The molecule has 0 aliphatic carbocycles. The summed E-state index contributed by atoms with van der Waals surface area (Å²) in [6, 6.07) is 7.53. The summed E-state index contributed by atoms with van der Waals surface area (Å²) < 4.78 is 5.25. The van der Waals surface area contributed by atoms with E-state index in [0.717, 1.165) is 31.0 Å². The van der Waals surface area contributed by atoms with Crippen molar-refractivity contribution in [2.45, 2.75) is 13.0 Å². The second kappa shape index (κ2) is 8.62. The first-order valence-electron chi connectivity index (χ1n) is 6.26. The monoisotopic (exact) mass is 390 g/mol. The van der Waals surface area contributed by atoms with Crippen LogP contribution in [0.1, 0.15) is 12.0 Å². The minimum absolute atomic E-state index is 0. The maximum atomic E-state index is 10.7. The summed E-state index contributed by atoms with van der Waals surface area (Å²) in [4.78, 5) is 15.0. The lowest BCUT2D eigenvalue weighted by molar-refractivity contribution is -0.119. The smallest absolute Gasteiger partial charge is 0.255 e. The van der Waals surface area contributed by atoms with E-state index in [4.69, 9.17) is 10.5 Å². The minimum atomic E-state index is -0.482. The molecule has 0 saturated carbocycles. The molecule has 0 atom stereocenters. The van der Waals surface area contributed by atoms with Gasteiger partial charge in [0.2, 0.25) is 0 Å². The van der Waals surface area contributed by atoms with Gasteiger partial charge in [-0.05, 0) is 24.1 Å². The number of ether oxygens (including phenoxy) is 1.